The van der Waals surface area contributed by atoms with E-state index in [1.165, 1.54) is 12.0 Å². The summed E-state index contributed by atoms with van der Waals surface area (Å²) in [5, 5.41) is 8.78. The Balaban J connectivity index is 2.37. The molecule has 0 spiro atoms. The molecule has 0 saturated carbocycles. The van der Waals surface area contributed by atoms with Crippen molar-refractivity contribution in [1.29, 1.82) is 0 Å². The molecule has 5 heteroatoms. The van der Waals surface area contributed by atoms with E-state index in [0.717, 1.165) is 25.0 Å². The molecule has 0 fully saturated rings. The highest BCUT2D eigenvalue weighted by atomic mass is 32.1. The first kappa shape index (κ1) is 12.3. The van der Waals surface area contributed by atoms with Crippen LogP contribution in [0.5, 0.6) is 5.88 Å². The van der Waals surface area contributed by atoms with Gasteiger partial charge in [0.1, 0.15) is 11.6 Å². The number of aliphatic hydroxyl groups is 1. The predicted molar refractivity (Wildman–Crippen MR) is 69.3 cm³/mol. The molecule has 0 amide bonds. The van der Waals surface area contributed by atoms with Crippen molar-refractivity contribution in [2.45, 2.75) is 25.7 Å². The van der Waals surface area contributed by atoms with Crippen LogP contribution in [0.15, 0.2) is 6.07 Å². The normalized spacial score (nSPS) is 14.2. The van der Waals surface area contributed by atoms with Gasteiger partial charge in [0, 0.05) is 5.69 Å². The van der Waals surface area contributed by atoms with Crippen molar-refractivity contribution >= 4 is 17.2 Å². The topological polar surface area (TPSA) is 68.4 Å². The van der Waals surface area contributed by atoms with Crippen LogP contribution in [0.25, 0.3) is 0 Å². The van der Waals surface area contributed by atoms with E-state index in [1.54, 1.807) is 0 Å². The molecule has 0 saturated heterocycles. The second kappa shape index (κ2) is 5.42. The average molecular weight is 252 g/mol. The van der Waals surface area contributed by atoms with Crippen molar-refractivity contribution in [3.8, 4) is 5.88 Å². The van der Waals surface area contributed by atoms with Crippen molar-refractivity contribution in [1.82, 2.24) is 4.98 Å². The summed E-state index contributed by atoms with van der Waals surface area (Å²) in [7, 11) is 0. The van der Waals surface area contributed by atoms with Gasteiger partial charge in [-0.1, -0.05) is 12.2 Å². The van der Waals surface area contributed by atoms with E-state index in [2.05, 4.69) is 4.98 Å². The van der Waals surface area contributed by atoms with Crippen LogP contribution in [0.1, 0.15) is 29.7 Å². The van der Waals surface area contributed by atoms with E-state index in [9.17, 15) is 0 Å². The van der Waals surface area contributed by atoms with Gasteiger partial charge in [-0.3, -0.25) is 0 Å². The van der Waals surface area contributed by atoms with Crippen LogP contribution in [0.2, 0.25) is 0 Å². The minimum atomic E-state index is -0.0461. The Hall–Kier alpha value is -1.20. The highest BCUT2D eigenvalue weighted by Gasteiger charge is 2.17. The zero-order valence-corrected chi connectivity index (χ0v) is 10.4. The van der Waals surface area contributed by atoms with Gasteiger partial charge in [0.25, 0.3) is 0 Å². The first-order valence-corrected chi connectivity index (χ1v) is 6.19. The summed E-state index contributed by atoms with van der Waals surface area (Å²) in [5.41, 5.74) is 8.63. The molecule has 0 bridgehead atoms. The molecule has 1 aliphatic carbocycles. The molecule has 1 aromatic rings. The monoisotopic (exact) mass is 252 g/mol. The zero-order valence-electron chi connectivity index (χ0n) is 9.61. The maximum absolute atomic E-state index is 8.78. The van der Waals surface area contributed by atoms with Gasteiger partial charge in [-0.15, -0.1) is 0 Å². The molecule has 0 atom stereocenters. The van der Waals surface area contributed by atoms with Crippen LogP contribution < -0.4 is 10.5 Å². The molecule has 0 aromatic carbocycles. The van der Waals surface area contributed by atoms with E-state index in [0.29, 0.717) is 16.4 Å². The standard InChI is InChI=1S/C12H16N2O2S/c13-11(17)9-7-8-3-1-2-4-10(8)14-12(9)16-6-5-15/h7,15H,1-6H2,(H2,13,17). The smallest absolute Gasteiger partial charge is 0.224 e. The van der Waals surface area contributed by atoms with Crippen LogP contribution in [-0.4, -0.2) is 28.3 Å². The fourth-order valence-electron chi connectivity index (χ4n) is 2.04. The SMILES string of the molecule is NC(=S)c1cc2c(nc1OCCO)CCCC2. The van der Waals surface area contributed by atoms with E-state index in [-0.39, 0.29) is 13.2 Å². The Labute approximate surface area is 106 Å². The lowest BCUT2D eigenvalue weighted by Gasteiger charge is -2.18. The van der Waals surface area contributed by atoms with E-state index in [1.807, 2.05) is 6.07 Å². The molecule has 1 aromatic heterocycles. The fourth-order valence-corrected chi connectivity index (χ4v) is 2.19. The maximum Gasteiger partial charge on any atom is 0.224 e. The summed E-state index contributed by atoms with van der Waals surface area (Å²) in [4.78, 5) is 4.76. The van der Waals surface area contributed by atoms with E-state index < -0.39 is 0 Å². The molecule has 92 valence electrons. The number of nitrogens with two attached hydrogens (primary N) is 1. The summed E-state index contributed by atoms with van der Waals surface area (Å²) in [6, 6.07) is 1.98. The van der Waals surface area contributed by atoms with Gasteiger partial charge in [-0.2, -0.15) is 0 Å². The van der Waals surface area contributed by atoms with Crippen LogP contribution >= 0.6 is 12.2 Å². The summed E-state index contributed by atoms with van der Waals surface area (Å²) < 4.78 is 5.39. The quantitative estimate of drug-likeness (QED) is 0.781. The van der Waals surface area contributed by atoms with Gasteiger partial charge in [-0.25, -0.2) is 4.98 Å². The van der Waals surface area contributed by atoms with Crippen LogP contribution in [-0.2, 0) is 12.8 Å². The number of ether oxygens (including phenoxy) is 1. The molecule has 1 aliphatic rings. The van der Waals surface area contributed by atoms with Crippen molar-refractivity contribution in [3.63, 3.8) is 0 Å². The van der Waals surface area contributed by atoms with E-state index >= 15 is 0 Å². The predicted octanol–water partition coefficient (Wildman–Crippen LogP) is 0.966. The molecule has 1 heterocycles. The first-order valence-electron chi connectivity index (χ1n) is 5.78. The van der Waals surface area contributed by atoms with Crippen molar-refractivity contribution in [2.24, 2.45) is 5.73 Å². The Kier molecular flexibility index (Phi) is 3.91. The molecule has 0 unspecified atom stereocenters. The zero-order chi connectivity index (χ0) is 12.3. The van der Waals surface area contributed by atoms with Crippen LogP contribution in [0, 0.1) is 0 Å². The number of fused-ring (bicyclic) bond motifs is 1. The molecular weight excluding hydrogens is 236 g/mol. The Morgan fingerprint density at radius 2 is 2.24 bits per heavy atom. The summed E-state index contributed by atoms with van der Waals surface area (Å²) in [5.74, 6) is 0.451. The first-order chi connectivity index (χ1) is 8.22. The van der Waals surface area contributed by atoms with E-state index in [4.69, 9.17) is 27.8 Å². The molecule has 0 radical (unpaired) electrons. The minimum Gasteiger partial charge on any atom is -0.475 e. The lowest BCUT2D eigenvalue weighted by atomic mass is 9.95. The Morgan fingerprint density at radius 1 is 1.47 bits per heavy atom. The third kappa shape index (κ3) is 2.73. The number of aliphatic hydroxyl groups excluding tert-OH is 1. The highest BCUT2D eigenvalue weighted by Crippen LogP contribution is 2.25. The van der Waals surface area contributed by atoms with Gasteiger partial charge in [0.2, 0.25) is 5.88 Å². The van der Waals surface area contributed by atoms with Crippen molar-refractivity contribution in [3.05, 3.63) is 22.9 Å². The molecule has 2 rings (SSSR count). The number of pyridine rings is 1. The number of nitrogens with zero attached hydrogens (tertiary/aromatic N) is 1. The Morgan fingerprint density at radius 3 is 2.94 bits per heavy atom. The van der Waals surface area contributed by atoms with Gasteiger partial charge in [0.15, 0.2) is 0 Å². The lowest BCUT2D eigenvalue weighted by molar-refractivity contribution is 0.196. The second-order valence-corrected chi connectivity index (χ2v) is 4.53. The maximum atomic E-state index is 8.78. The molecule has 0 aliphatic heterocycles. The van der Waals surface area contributed by atoms with Crippen LogP contribution in [0.4, 0.5) is 0 Å². The molecule has 17 heavy (non-hydrogen) atoms. The van der Waals surface area contributed by atoms with Crippen molar-refractivity contribution < 1.29 is 9.84 Å². The molecule has 3 N–H and O–H groups in total. The number of aryl methyl sites for hydroxylation is 2. The number of thiocarbonyl (C=S) groups is 1. The summed E-state index contributed by atoms with van der Waals surface area (Å²) in [6.07, 6.45) is 4.34. The van der Waals surface area contributed by atoms with Crippen LogP contribution in [0.3, 0.4) is 0 Å². The third-order valence-corrected chi connectivity index (χ3v) is 3.08. The van der Waals surface area contributed by atoms with Gasteiger partial charge in [-0.05, 0) is 37.3 Å². The average Bonchev–Trinajstić information content (AvgIpc) is 2.35. The lowest BCUT2D eigenvalue weighted by Crippen LogP contribution is -2.17. The fraction of sp³-hybridized carbons (Fsp3) is 0.500. The summed E-state index contributed by atoms with van der Waals surface area (Å²) in [6.45, 7) is 0.164. The number of aromatic nitrogens is 1. The molecular formula is C12H16N2O2S. The highest BCUT2D eigenvalue weighted by molar-refractivity contribution is 7.80. The van der Waals surface area contributed by atoms with Crippen molar-refractivity contribution in [2.75, 3.05) is 13.2 Å². The number of hydrogen-bond acceptors (Lipinski definition) is 4. The van der Waals surface area contributed by atoms with Gasteiger partial charge in [0.05, 0.1) is 12.2 Å². The third-order valence-electron chi connectivity index (χ3n) is 2.86. The number of hydrogen-bond donors (Lipinski definition) is 2. The van der Waals surface area contributed by atoms with Gasteiger partial charge >= 0.3 is 0 Å². The number of rotatable bonds is 4. The largest absolute Gasteiger partial charge is 0.475 e. The Bertz CT molecular complexity index is 435. The minimum absolute atomic E-state index is 0.0461. The van der Waals surface area contributed by atoms with Gasteiger partial charge < -0.3 is 15.6 Å². The second-order valence-electron chi connectivity index (χ2n) is 4.09. The summed E-state index contributed by atoms with van der Waals surface area (Å²) >= 11 is 5.00. The molecule has 4 nitrogen and oxygen atoms in total.